The van der Waals surface area contributed by atoms with Crippen LogP contribution in [0.3, 0.4) is 0 Å². The smallest absolute Gasteiger partial charge is 0.375 e. The molecule has 0 amide bonds. The minimum atomic E-state index is -4.10. The Morgan fingerprint density at radius 3 is 2.40 bits per heavy atom. The molecule has 0 aromatic heterocycles. The van der Waals surface area contributed by atoms with Crippen LogP contribution in [0.2, 0.25) is 0 Å². The molecule has 0 saturated carbocycles. The molecule has 0 bridgehead atoms. The van der Waals surface area contributed by atoms with Gasteiger partial charge in [0.15, 0.2) is 0 Å². The van der Waals surface area contributed by atoms with E-state index < -0.39 is 12.6 Å². The molecule has 61 valence electrons. The van der Waals surface area contributed by atoms with Crippen LogP contribution in [0.25, 0.3) is 0 Å². The number of alkyl halides is 3. The van der Waals surface area contributed by atoms with Gasteiger partial charge in [-0.2, -0.15) is 13.2 Å². The fourth-order valence-corrected chi connectivity index (χ4v) is 0.376. The van der Waals surface area contributed by atoms with E-state index in [-0.39, 0.29) is 6.61 Å². The van der Waals surface area contributed by atoms with Crippen molar-refractivity contribution in [3.63, 3.8) is 0 Å². The van der Waals surface area contributed by atoms with Gasteiger partial charge in [-0.1, -0.05) is 6.92 Å². The summed E-state index contributed by atoms with van der Waals surface area (Å²) < 4.78 is 38.7. The Kier molecular flexibility index (Phi) is 4.43. The Morgan fingerprint density at radius 1 is 1.40 bits per heavy atom. The normalized spacial score (nSPS) is 12.0. The molecule has 0 aliphatic rings. The number of ether oxygens (including phenoxy) is 1. The van der Waals surface area contributed by atoms with E-state index in [0.717, 1.165) is 0 Å². The minimum Gasteiger partial charge on any atom is -0.375 e. The monoisotopic (exact) mass is 155 g/mol. The maximum Gasteiger partial charge on any atom is 0.391 e. The molecule has 1 radical (unpaired) electrons. The first kappa shape index (κ1) is 9.75. The Labute approximate surface area is 58.2 Å². The quantitative estimate of drug-likeness (QED) is 0.567. The summed E-state index contributed by atoms with van der Waals surface area (Å²) in [6.45, 7) is 2.90. The number of halogens is 3. The second kappa shape index (κ2) is 4.55. The summed E-state index contributed by atoms with van der Waals surface area (Å²) in [7, 11) is 0. The van der Waals surface area contributed by atoms with Gasteiger partial charge in [0.25, 0.3) is 0 Å². The van der Waals surface area contributed by atoms with Gasteiger partial charge in [0, 0.05) is 0 Å². The second-order valence-electron chi connectivity index (χ2n) is 1.81. The third kappa shape index (κ3) is 7.75. The van der Waals surface area contributed by atoms with Crippen molar-refractivity contribution in [2.24, 2.45) is 0 Å². The largest absolute Gasteiger partial charge is 0.391 e. The standard InChI is InChI=1S/C6H10F3O/c1-2-4-10-5-3-6(7,8)9/h4H,2-3,5H2,1H3. The van der Waals surface area contributed by atoms with E-state index in [0.29, 0.717) is 6.42 Å². The van der Waals surface area contributed by atoms with E-state index in [4.69, 9.17) is 0 Å². The van der Waals surface area contributed by atoms with E-state index in [1.54, 1.807) is 6.92 Å². The lowest BCUT2D eigenvalue weighted by molar-refractivity contribution is -0.142. The van der Waals surface area contributed by atoms with Crippen LogP contribution in [0.1, 0.15) is 19.8 Å². The Morgan fingerprint density at radius 2 is 2.00 bits per heavy atom. The predicted octanol–water partition coefficient (Wildman–Crippen LogP) is 2.53. The van der Waals surface area contributed by atoms with Crippen molar-refractivity contribution in [1.29, 1.82) is 0 Å². The fourth-order valence-electron chi connectivity index (χ4n) is 0.376. The van der Waals surface area contributed by atoms with E-state index in [2.05, 4.69) is 4.74 Å². The highest BCUT2D eigenvalue weighted by Crippen LogP contribution is 2.19. The lowest BCUT2D eigenvalue weighted by atomic mass is 10.4. The molecule has 0 heterocycles. The van der Waals surface area contributed by atoms with Crippen molar-refractivity contribution in [3.8, 4) is 0 Å². The van der Waals surface area contributed by atoms with Crippen LogP contribution >= 0.6 is 0 Å². The van der Waals surface area contributed by atoms with Gasteiger partial charge in [0.1, 0.15) is 0 Å². The summed E-state index contributed by atoms with van der Waals surface area (Å²) in [6.07, 6.45) is -4.33. The van der Waals surface area contributed by atoms with Gasteiger partial charge < -0.3 is 4.74 Å². The first-order chi connectivity index (χ1) is 4.56. The summed E-state index contributed by atoms with van der Waals surface area (Å²) in [4.78, 5) is 0. The Balaban J connectivity index is 3.04. The molecule has 0 saturated heterocycles. The van der Waals surface area contributed by atoms with Gasteiger partial charge in [-0.15, -0.1) is 0 Å². The van der Waals surface area contributed by atoms with Crippen molar-refractivity contribution in [2.75, 3.05) is 6.61 Å². The minimum absolute atomic E-state index is 0.267. The van der Waals surface area contributed by atoms with Crippen LogP contribution in [0.4, 0.5) is 13.2 Å². The molecule has 0 atom stereocenters. The molecule has 0 spiro atoms. The van der Waals surface area contributed by atoms with Crippen LogP contribution in [-0.2, 0) is 4.74 Å². The molecule has 0 N–H and O–H groups in total. The van der Waals surface area contributed by atoms with Crippen LogP contribution in [-0.4, -0.2) is 12.8 Å². The summed E-state index contributed by atoms with van der Waals surface area (Å²) in [5.74, 6) is 0. The first-order valence-electron chi connectivity index (χ1n) is 3.06. The van der Waals surface area contributed by atoms with Crippen molar-refractivity contribution < 1.29 is 17.9 Å². The van der Waals surface area contributed by atoms with Crippen LogP contribution < -0.4 is 0 Å². The molecule has 0 unspecified atom stereocenters. The zero-order chi connectivity index (χ0) is 8.04. The highest BCUT2D eigenvalue weighted by atomic mass is 19.4. The molecular formula is C6H10F3O. The molecule has 10 heavy (non-hydrogen) atoms. The SMILES string of the molecule is CC[CH]OCCC(F)(F)F. The van der Waals surface area contributed by atoms with Crippen LogP contribution in [0, 0.1) is 6.61 Å². The summed E-state index contributed by atoms with van der Waals surface area (Å²) in [5, 5.41) is 0. The highest BCUT2D eigenvalue weighted by molar-refractivity contribution is 4.50. The van der Waals surface area contributed by atoms with E-state index in [1.807, 2.05) is 0 Å². The lowest BCUT2D eigenvalue weighted by Gasteiger charge is -2.04. The Hall–Kier alpha value is -0.250. The van der Waals surface area contributed by atoms with Crippen LogP contribution in [0.15, 0.2) is 0 Å². The van der Waals surface area contributed by atoms with E-state index in [1.165, 1.54) is 6.61 Å². The molecular weight excluding hydrogens is 145 g/mol. The number of rotatable bonds is 4. The molecule has 4 heteroatoms. The molecule has 0 aromatic carbocycles. The van der Waals surface area contributed by atoms with Gasteiger partial charge in [-0.05, 0) is 6.42 Å². The average Bonchev–Trinajstić information content (AvgIpc) is 1.78. The molecule has 0 aliphatic carbocycles. The zero-order valence-corrected chi connectivity index (χ0v) is 5.74. The molecule has 1 nitrogen and oxygen atoms in total. The highest BCUT2D eigenvalue weighted by Gasteiger charge is 2.26. The predicted molar refractivity (Wildman–Crippen MR) is 31.2 cm³/mol. The molecule has 0 aliphatic heterocycles. The molecule has 0 fully saturated rings. The topological polar surface area (TPSA) is 9.23 Å². The summed E-state index contributed by atoms with van der Waals surface area (Å²) in [5.41, 5.74) is 0. The third-order valence-corrected chi connectivity index (χ3v) is 0.788. The third-order valence-electron chi connectivity index (χ3n) is 0.788. The number of hydrogen-bond acceptors (Lipinski definition) is 1. The van der Waals surface area contributed by atoms with Crippen molar-refractivity contribution in [2.45, 2.75) is 25.9 Å². The maximum atomic E-state index is 11.4. The fraction of sp³-hybridized carbons (Fsp3) is 0.833. The van der Waals surface area contributed by atoms with E-state index >= 15 is 0 Å². The second-order valence-corrected chi connectivity index (χ2v) is 1.81. The van der Waals surface area contributed by atoms with E-state index in [9.17, 15) is 13.2 Å². The maximum absolute atomic E-state index is 11.4. The van der Waals surface area contributed by atoms with Crippen molar-refractivity contribution in [3.05, 3.63) is 6.61 Å². The summed E-state index contributed by atoms with van der Waals surface area (Å²) >= 11 is 0. The Bertz CT molecular complexity index is 79.6. The number of hydrogen-bond donors (Lipinski definition) is 0. The molecule has 0 aromatic rings. The van der Waals surface area contributed by atoms with Gasteiger partial charge >= 0.3 is 6.18 Å². The average molecular weight is 155 g/mol. The lowest BCUT2D eigenvalue weighted by Crippen LogP contribution is -2.10. The first-order valence-corrected chi connectivity index (χ1v) is 3.06. The van der Waals surface area contributed by atoms with Gasteiger partial charge in [-0.25, -0.2) is 0 Å². The zero-order valence-electron chi connectivity index (χ0n) is 5.74. The molecule has 0 rings (SSSR count). The van der Waals surface area contributed by atoms with Gasteiger partial charge in [0.05, 0.1) is 19.6 Å². The van der Waals surface area contributed by atoms with Crippen molar-refractivity contribution >= 4 is 0 Å². The van der Waals surface area contributed by atoms with Gasteiger partial charge in [-0.3, -0.25) is 0 Å². The van der Waals surface area contributed by atoms with Crippen LogP contribution in [0.5, 0.6) is 0 Å². The van der Waals surface area contributed by atoms with Gasteiger partial charge in [0.2, 0.25) is 0 Å². The van der Waals surface area contributed by atoms with Crippen molar-refractivity contribution in [1.82, 2.24) is 0 Å². The summed E-state index contributed by atoms with van der Waals surface area (Å²) in [6, 6.07) is 0.